The van der Waals surface area contributed by atoms with Crippen molar-refractivity contribution in [2.24, 2.45) is 5.73 Å². The van der Waals surface area contributed by atoms with Crippen LogP contribution in [0.1, 0.15) is 25.7 Å². The van der Waals surface area contributed by atoms with E-state index in [4.69, 9.17) is 10.3 Å². The third-order valence-corrected chi connectivity index (χ3v) is 4.47. The minimum Gasteiger partial charge on any atom is -0.365 e. The van der Waals surface area contributed by atoms with E-state index in [0.29, 0.717) is 13.0 Å². The molecular weight excluding hydrogens is 314 g/mol. The van der Waals surface area contributed by atoms with Crippen LogP contribution in [-0.2, 0) is 24.2 Å². The Labute approximate surface area is 128 Å². The van der Waals surface area contributed by atoms with Crippen molar-refractivity contribution in [3.8, 4) is 0 Å². The molecule has 124 valence electrons. The summed E-state index contributed by atoms with van der Waals surface area (Å²) in [6, 6.07) is 0. The molecule has 0 aromatic carbocycles. The smallest absolute Gasteiger partial charge is 0.365 e. The van der Waals surface area contributed by atoms with Crippen LogP contribution in [0.2, 0.25) is 0 Å². The number of nitrogens with zero attached hydrogens (tertiary/aromatic N) is 2. The third-order valence-electron chi connectivity index (χ3n) is 4.06. The lowest BCUT2D eigenvalue weighted by atomic mass is 10.1. The van der Waals surface area contributed by atoms with Gasteiger partial charge in [0, 0.05) is 13.0 Å². The van der Waals surface area contributed by atoms with Crippen molar-refractivity contribution < 1.29 is 31.2 Å². The van der Waals surface area contributed by atoms with Crippen LogP contribution < -0.4 is 5.73 Å². The van der Waals surface area contributed by atoms with Gasteiger partial charge in [-0.05, 0) is 12.8 Å². The highest BCUT2D eigenvalue weighted by atomic mass is 32.3. The van der Waals surface area contributed by atoms with Crippen molar-refractivity contribution in [3.63, 3.8) is 0 Å². The number of nitrogens with two attached hydrogens (primary N) is 1. The largest absolute Gasteiger partial charge is 0.401 e. The fourth-order valence-electron chi connectivity index (χ4n) is 3.00. The molecule has 0 bridgehead atoms. The van der Waals surface area contributed by atoms with E-state index in [1.54, 1.807) is 11.9 Å². The van der Waals surface area contributed by atoms with Crippen molar-refractivity contribution in [2.45, 2.75) is 31.8 Å². The summed E-state index contributed by atoms with van der Waals surface area (Å²) in [6.45, 7) is 0.0396. The van der Waals surface area contributed by atoms with Crippen LogP contribution in [0, 0.1) is 0 Å². The lowest BCUT2D eigenvalue weighted by Crippen LogP contribution is -2.63. The summed E-state index contributed by atoms with van der Waals surface area (Å²) in [5.74, 6) is -1.31. The number of quaternary nitrogens is 1. The lowest BCUT2D eigenvalue weighted by Gasteiger charge is -2.45. The van der Waals surface area contributed by atoms with E-state index in [0.717, 1.165) is 19.3 Å². The van der Waals surface area contributed by atoms with Gasteiger partial charge >= 0.3 is 10.4 Å². The summed E-state index contributed by atoms with van der Waals surface area (Å²) < 4.78 is 34.8. The molecule has 2 amide bonds. The van der Waals surface area contributed by atoms with Gasteiger partial charge in [-0.25, -0.2) is 0 Å². The number of carbonyl (C=O) groups excluding carboxylic acids is 2. The van der Waals surface area contributed by atoms with Gasteiger partial charge in [0.05, 0.1) is 7.05 Å². The molecule has 2 aliphatic rings. The van der Waals surface area contributed by atoms with Gasteiger partial charge in [-0.15, -0.1) is 0 Å². The van der Waals surface area contributed by atoms with E-state index in [1.165, 1.54) is 6.20 Å². The van der Waals surface area contributed by atoms with Crippen LogP contribution in [0.5, 0.6) is 0 Å². The summed E-state index contributed by atoms with van der Waals surface area (Å²) in [5, 5.41) is 0. The van der Waals surface area contributed by atoms with Gasteiger partial charge in [-0.3, -0.25) is 23.5 Å². The molecule has 1 saturated heterocycles. The molecule has 2 rings (SSSR count). The Morgan fingerprint density at radius 3 is 2.77 bits per heavy atom. The van der Waals surface area contributed by atoms with Gasteiger partial charge in [0.1, 0.15) is 6.20 Å². The van der Waals surface area contributed by atoms with E-state index in [-0.39, 0.29) is 16.2 Å². The van der Waals surface area contributed by atoms with Crippen molar-refractivity contribution in [2.75, 3.05) is 20.3 Å². The molecule has 22 heavy (non-hydrogen) atoms. The number of hydrogen-bond acceptors (Lipinski definition) is 5. The second-order valence-electron chi connectivity index (χ2n) is 5.76. The van der Waals surface area contributed by atoms with Gasteiger partial charge in [0.15, 0.2) is 11.7 Å². The monoisotopic (exact) mass is 334 g/mol. The van der Waals surface area contributed by atoms with Crippen LogP contribution in [0.15, 0.2) is 11.8 Å². The molecule has 2 unspecified atom stereocenters. The Morgan fingerprint density at radius 1 is 1.50 bits per heavy atom. The molecule has 2 aliphatic heterocycles. The molecule has 9 nitrogen and oxygen atoms in total. The maximum Gasteiger partial charge on any atom is 0.401 e. The van der Waals surface area contributed by atoms with E-state index in [2.05, 4.69) is 4.18 Å². The van der Waals surface area contributed by atoms with Gasteiger partial charge in [-0.2, -0.15) is 12.6 Å². The predicted octanol–water partition coefficient (Wildman–Crippen LogP) is -0.679. The molecule has 2 heterocycles. The Morgan fingerprint density at radius 2 is 2.18 bits per heavy atom. The van der Waals surface area contributed by atoms with Crippen LogP contribution in [0.25, 0.3) is 0 Å². The van der Waals surface area contributed by atoms with Crippen LogP contribution in [0.3, 0.4) is 0 Å². The molecule has 0 spiro atoms. The molecule has 0 aromatic heterocycles. The van der Waals surface area contributed by atoms with Gasteiger partial charge in [0.25, 0.3) is 11.8 Å². The van der Waals surface area contributed by atoms with Gasteiger partial charge < -0.3 is 5.73 Å². The van der Waals surface area contributed by atoms with Crippen molar-refractivity contribution in [1.29, 1.82) is 0 Å². The van der Waals surface area contributed by atoms with Crippen molar-refractivity contribution in [1.82, 2.24) is 4.90 Å². The number of hydrogen-bond donors (Lipinski definition) is 2. The van der Waals surface area contributed by atoms with Gasteiger partial charge in [-0.1, -0.05) is 6.42 Å². The fourth-order valence-corrected chi connectivity index (χ4v) is 3.36. The quantitative estimate of drug-likeness (QED) is 0.398. The van der Waals surface area contributed by atoms with E-state index in [1.807, 2.05) is 0 Å². The zero-order chi connectivity index (χ0) is 16.5. The first-order valence-electron chi connectivity index (χ1n) is 6.94. The molecular formula is C12H20N3O6S+. The first-order chi connectivity index (χ1) is 10.1. The second-order valence-corrected chi connectivity index (χ2v) is 6.85. The van der Waals surface area contributed by atoms with Crippen LogP contribution in [0.4, 0.5) is 0 Å². The summed E-state index contributed by atoms with van der Waals surface area (Å²) in [4.78, 5) is 25.4. The summed E-state index contributed by atoms with van der Waals surface area (Å²) in [7, 11) is -3.00. The standard InChI is InChI=1S/C12H19N3O6S/c1-15(8-21-22(18,19)20)7-9(11(13)16)12(17)14-6-4-2-3-5-10(14)15/h7,10H,2-6,8H2,1H3,(H2-,13,16,18,19,20)/p+1. The highest BCUT2D eigenvalue weighted by Crippen LogP contribution is 2.31. The highest BCUT2D eigenvalue weighted by molar-refractivity contribution is 7.80. The maximum absolute atomic E-state index is 12.4. The van der Waals surface area contributed by atoms with Crippen molar-refractivity contribution >= 4 is 22.2 Å². The van der Waals surface area contributed by atoms with Crippen LogP contribution >= 0.6 is 0 Å². The average Bonchev–Trinajstić information content (AvgIpc) is 2.66. The molecule has 0 saturated carbocycles. The normalized spacial score (nSPS) is 29.5. The Hall–Kier alpha value is -1.49. The lowest BCUT2D eigenvalue weighted by molar-refractivity contribution is -0.913. The number of amides is 2. The fraction of sp³-hybridized carbons (Fsp3) is 0.667. The molecule has 1 fully saturated rings. The van der Waals surface area contributed by atoms with Crippen LogP contribution in [-0.4, -0.2) is 60.7 Å². The van der Waals surface area contributed by atoms with E-state index >= 15 is 0 Å². The zero-order valence-corrected chi connectivity index (χ0v) is 13.1. The minimum absolute atomic E-state index is 0.149. The Balaban J connectivity index is 2.41. The van der Waals surface area contributed by atoms with E-state index < -0.39 is 28.9 Å². The Kier molecular flexibility index (Phi) is 4.57. The SMILES string of the molecule is C[N+]1(COS(=O)(=O)O)C=C(C(N)=O)C(=O)N2CCCCCC21. The molecule has 2 atom stereocenters. The van der Waals surface area contributed by atoms with Gasteiger partial charge in [0.2, 0.25) is 6.73 Å². The number of carbonyl (C=O) groups is 2. The first-order valence-corrected chi connectivity index (χ1v) is 8.31. The molecule has 0 radical (unpaired) electrons. The number of rotatable bonds is 4. The number of primary amides is 1. The minimum atomic E-state index is -4.62. The third kappa shape index (κ3) is 3.46. The second kappa shape index (κ2) is 5.95. The topological polar surface area (TPSA) is 127 Å². The summed E-state index contributed by atoms with van der Waals surface area (Å²) in [5.41, 5.74) is 5.05. The van der Waals surface area contributed by atoms with E-state index in [9.17, 15) is 18.0 Å². The predicted molar refractivity (Wildman–Crippen MR) is 74.9 cm³/mol. The Bertz CT molecular complexity index is 616. The first kappa shape index (κ1) is 16.9. The molecule has 0 aliphatic carbocycles. The molecule has 10 heteroatoms. The van der Waals surface area contributed by atoms with Crippen molar-refractivity contribution in [3.05, 3.63) is 11.8 Å². The molecule has 0 aromatic rings. The summed E-state index contributed by atoms with van der Waals surface area (Å²) in [6.07, 6.45) is 4.20. The average molecular weight is 334 g/mol. The number of fused-ring (bicyclic) bond motifs is 1. The molecule has 3 N–H and O–H groups in total. The summed E-state index contributed by atoms with van der Waals surface area (Å²) >= 11 is 0. The highest BCUT2D eigenvalue weighted by Gasteiger charge is 2.47. The zero-order valence-electron chi connectivity index (χ0n) is 12.3. The maximum atomic E-state index is 12.4.